The Hall–Kier alpha value is -14.7. The van der Waals surface area contributed by atoms with Crippen molar-refractivity contribution in [1.29, 1.82) is 0 Å². The van der Waals surface area contributed by atoms with Gasteiger partial charge in [-0.05, 0) is 286 Å². The summed E-state index contributed by atoms with van der Waals surface area (Å²) in [6.07, 6.45) is -0.222. The third-order valence-corrected chi connectivity index (χ3v) is 25.1. The van der Waals surface area contributed by atoms with E-state index >= 15 is 0 Å². The Balaban J connectivity index is 0.000000162. The van der Waals surface area contributed by atoms with Gasteiger partial charge in [-0.2, -0.15) is 0 Å². The van der Waals surface area contributed by atoms with E-state index in [0.717, 1.165) is 194 Å². The van der Waals surface area contributed by atoms with Crippen molar-refractivity contribution in [2.45, 2.75) is 174 Å². The molecule has 0 aliphatic carbocycles. The maximum Gasteiger partial charge on any atom is 0.134 e. The normalized spacial score (nSPS) is 12.3. The molecular formula is C122H136F2N6O12. The maximum absolute atomic E-state index is 14.6. The molecule has 0 fully saturated rings. The van der Waals surface area contributed by atoms with Crippen molar-refractivity contribution in [2.75, 3.05) is 99.2 Å². The van der Waals surface area contributed by atoms with Crippen molar-refractivity contribution in [1.82, 2.24) is 0 Å². The summed E-state index contributed by atoms with van der Waals surface area (Å²) < 4.78 is 102. The van der Waals surface area contributed by atoms with Gasteiger partial charge in [-0.25, -0.2) is 8.78 Å². The van der Waals surface area contributed by atoms with E-state index < -0.39 is 11.6 Å². The van der Waals surface area contributed by atoms with Crippen molar-refractivity contribution < 1.29 is 65.6 Å². The van der Waals surface area contributed by atoms with E-state index in [1.807, 2.05) is 140 Å². The van der Waals surface area contributed by atoms with Crippen LogP contribution >= 0.6 is 0 Å². The topological polar surface area (TPSA) is 130 Å². The van der Waals surface area contributed by atoms with Gasteiger partial charge < -0.3 is 86.2 Å². The zero-order chi connectivity index (χ0) is 101. The molecule has 3 aliphatic rings. The molecule has 142 heavy (non-hydrogen) atoms. The number of ether oxygens (including phenoxy) is 12. The largest absolute Gasteiger partial charge is 0.496 e. The lowest BCUT2D eigenvalue weighted by Crippen LogP contribution is -2.36. The van der Waals surface area contributed by atoms with E-state index in [1.54, 1.807) is 28.4 Å². The van der Waals surface area contributed by atoms with Gasteiger partial charge in [-0.15, -0.1) is 0 Å². The van der Waals surface area contributed by atoms with E-state index in [9.17, 15) is 8.78 Å². The molecule has 0 bridgehead atoms. The van der Waals surface area contributed by atoms with E-state index in [4.69, 9.17) is 56.8 Å². The third kappa shape index (κ3) is 21.9. The Morgan fingerprint density at radius 2 is 0.493 bits per heavy atom. The van der Waals surface area contributed by atoms with Crippen LogP contribution in [0.4, 0.5) is 77.0 Å². The molecule has 14 aromatic carbocycles. The zero-order valence-corrected chi connectivity index (χ0v) is 87.0. The van der Waals surface area contributed by atoms with Crippen molar-refractivity contribution in [3.8, 4) is 136 Å². The molecule has 0 N–H and O–H groups in total. The Bertz CT molecular complexity index is 6420. The standard InChI is InChI=1S/C48H50N2O4.C38H44F2N2O4.C36H42N2O4/c1-33(2)29-49-39-25-23-38(48-44(52-6)20-14-22-46(48)54-32-36-17-11-8-12-18-36)28-42(39)50(30-34(3)4)40-26-24-37(27-41(40)49)47-43(51-5)19-13-21-45(47)53-31-35-15-9-7-10-16-35;1-21(2)41-29-13-11-26(38-34(44-10)18-28(40)20-36(38)46-24(7)8)16-32(29)42(22(3)4)30-14-12-25(15-31(30)41)37-33(43-9)17-27(39)19-35(37)45-23(5)6;1-21(2)41-33-17-23(5)15-31(39-9)35(33)25-11-13-27-29(19-25)37(7)28-14-12-26(20-30(28)38(27)8)36-32(40-10)16-24(6)18-34(36)42-22(3)4/h7-28,33-34H,29-32H2,1-6H3;11-24H,1-10H3;11-22H,1-10H3. The molecule has 3 aliphatic heterocycles. The quantitative estimate of drug-likeness (QED) is 0.0396. The van der Waals surface area contributed by atoms with Gasteiger partial charge in [-0.3, -0.25) is 0 Å². The fraction of sp³-hybridized carbons (Fsp3) is 0.311. The first-order valence-electron chi connectivity index (χ1n) is 49.1. The summed E-state index contributed by atoms with van der Waals surface area (Å²) in [5, 5.41) is 0. The van der Waals surface area contributed by atoms with Crippen LogP contribution in [0, 0.1) is 37.3 Å². The number of halogens is 2. The second-order valence-electron chi connectivity index (χ2n) is 38.8. The summed E-state index contributed by atoms with van der Waals surface area (Å²) in [7, 11) is 14.2. The lowest BCUT2D eigenvalue weighted by molar-refractivity contribution is 0.241. The minimum absolute atomic E-state index is 0.0429. The summed E-state index contributed by atoms with van der Waals surface area (Å²) in [5.74, 6) is 8.01. The summed E-state index contributed by atoms with van der Waals surface area (Å²) >= 11 is 0. The van der Waals surface area contributed by atoms with Crippen LogP contribution in [-0.2, 0) is 13.2 Å². The van der Waals surface area contributed by atoms with Gasteiger partial charge >= 0.3 is 0 Å². The molecule has 0 amide bonds. The average molecular weight is 1920 g/mol. The number of hydrogen-bond donors (Lipinski definition) is 0. The first-order chi connectivity index (χ1) is 68.2. The number of benzene rings is 14. The highest BCUT2D eigenvalue weighted by molar-refractivity contribution is 6.02. The fourth-order valence-electron chi connectivity index (χ4n) is 19.2. The predicted octanol–water partition coefficient (Wildman–Crippen LogP) is 31.5. The SMILES string of the molecule is COc1cc(C)cc(OC(C)C)c1-c1ccc2c(c1)N(C)c1ccc(-c3c(OC)cc(C)cc3OC(C)C)cc1N2C.COc1cc(F)cc(OC(C)C)c1-c1ccc2c(c1)N(C(C)C)c1ccc(-c3c(OC)cc(F)cc3OC(C)C)cc1N2C(C)C.COc1cccc(OCc2ccccc2)c1-c1ccc2c(c1)N(CC(C)C)c1ccc(-c3c(OC)cccc3OCc3ccccc3)cc1N2CC(C)C. The van der Waals surface area contributed by atoms with Crippen LogP contribution in [0.2, 0.25) is 0 Å². The molecule has 0 saturated carbocycles. The molecule has 17 rings (SSSR count). The summed E-state index contributed by atoms with van der Waals surface area (Å²) in [6.45, 7) is 40.3. The maximum atomic E-state index is 14.6. The summed E-state index contributed by atoms with van der Waals surface area (Å²) in [5.41, 5.74) is 28.6. The molecule has 0 atom stereocenters. The number of fused-ring (bicyclic) bond motifs is 6. The van der Waals surface area contributed by atoms with Gasteiger partial charge in [0.1, 0.15) is 93.8 Å². The average Bonchev–Trinajstić information content (AvgIpc) is 0.748. The minimum Gasteiger partial charge on any atom is -0.496 e. The van der Waals surface area contributed by atoms with Gasteiger partial charge in [-0.1, -0.05) is 137 Å². The third-order valence-electron chi connectivity index (χ3n) is 25.1. The van der Waals surface area contributed by atoms with Crippen LogP contribution in [0.5, 0.6) is 69.0 Å². The summed E-state index contributed by atoms with van der Waals surface area (Å²) in [6, 6.07) is 85.8. The molecule has 0 unspecified atom stereocenters. The van der Waals surface area contributed by atoms with Crippen LogP contribution in [0.1, 0.15) is 133 Å². The van der Waals surface area contributed by atoms with E-state index in [2.05, 4.69) is 258 Å². The number of nitrogens with zero attached hydrogens (tertiary/aromatic N) is 6. The number of aryl methyl sites for hydroxylation is 2. The van der Waals surface area contributed by atoms with Gasteiger partial charge in [0, 0.05) is 63.5 Å². The lowest BCUT2D eigenvalue weighted by atomic mass is 9.95. The molecule has 0 saturated heterocycles. The molecule has 740 valence electrons. The number of anilines is 12. The van der Waals surface area contributed by atoms with Crippen LogP contribution in [0.3, 0.4) is 0 Å². The smallest absolute Gasteiger partial charge is 0.134 e. The predicted molar refractivity (Wildman–Crippen MR) is 579 cm³/mol. The lowest BCUT2D eigenvalue weighted by Gasteiger charge is -2.44. The van der Waals surface area contributed by atoms with Crippen molar-refractivity contribution >= 4 is 68.2 Å². The van der Waals surface area contributed by atoms with E-state index in [1.165, 1.54) is 49.9 Å². The highest BCUT2D eigenvalue weighted by atomic mass is 19.1. The molecule has 0 spiro atoms. The Kier molecular flexibility index (Phi) is 31.8. The number of methoxy groups -OCH3 is 6. The fourth-order valence-corrected chi connectivity index (χ4v) is 19.2. The van der Waals surface area contributed by atoms with Crippen LogP contribution in [-0.4, -0.2) is 106 Å². The van der Waals surface area contributed by atoms with Crippen molar-refractivity contribution in [3.63, 3.8) is 0 Å². The summed E-state index contributed by atoms with van der Waals surface area (Å²) in [4.78, 5) is 14.1. The van der Waals surface area contributed by atoms with Gasteiger partial charge in [0.15, 0.2) is 0 Å². The van der Waals surface area contributed by atoms with Crippen molar-refractivity contribution in [2.24, 2.45) is 11.8 Å². The van der Waals surface area contributed by atoms with Crippen LogP contribution in [0.15, 0.2) is 255 Å². The molecule has 0 radical (unpaired) electrons. The van der Waals surface area contributed by atoms with Gasteiger partial charge in [0.2, 0.25) is 0 Å². The van der Waals surface area contributed by atoms with Crippen LogP contribution < -0.4 is 86.2 Å². The second-order valence-corrected chi connectivity index (χ2v) is 38.8. The number of hydrogen-bond acceptors (Lipinski definition) is 18. The first kappa shape index (κ1) is 102. The van der Waals surface area contributed by atoms with E-state index in [0.29, 0.717) is 59.2 Å². The molecular weight excluding hydrogens is 1780 g/mol. The molecule has 3 heterocycles. The minimum atomic E-state index is -0.423. The first-order valence-corrected chi connectivity index (χ1v) is 49.1. The van der Waals surface area contributed by atoms with Crippen LogP contribution in [0.25, 0.3) is 66.8 Å². The number of rotatable bonds is 32. The van der Waals surface area contributed by atoms with Gasteiger partial charge in [0.05, 0.1) is 169 Å². The highest BCUT2D eigenvalue weighted by Gasteiger charge is 2.37. The van der Waals surface area contributed by atoms with Crippen molar-refractivity contribution in [3.05, 3.63) is 289 Å². The van der Waals surface area contributed by atoms with Gasteiger partial charge in [0.25, 0.3) is 0 Å². The Morgan fingerprint density at radius 3 is 0.789 bits per heavy atom. The monoisotopic (exact) mass is 1920 g/mol. The second kappa shape index (κ2) is 44.4. The molecule has 0 aromatic heterocycles. The van der Waals surface area contributed by atoms with E-state index in [-0.39, 0.29) is 36.5 Å². The Morgan fingerprint density at radius 1 is 0.239 bits per heavy atom. The molecule has 14 aromatic rings. The highest BCUT2D eigenvalue weighted by Crippen LogP contribution is 2.59. The zero-order valence-electron chi connectivity index (χ0n) is 87.0. The molecule has 20 heteroatoms. The Labute approximate surface area is 838 Å². The molecule has 18 nitrogen and oxygen atoms in total.